The van der Waals surface area contributed by atoms with E-state index in [2.05, 4.69) is 23.6 Å². The molecule has 2 unspecified atom stereocenters. The third kappa shape index (κ3) is 3.42. The Kier molecular flexibility index (Phi) is 5.75. The summed E-state index contributed by atoms with van der Waals surface area (Å²) in [6, 6.07) is 0.729. The standard InChI is InChI=1S/C16H29N3O2.ClH/c1-16(2)11-18(7-4-14(16)17)13-3-8-19(15(13)20)12-5-9-21-10-6-12;/h12-14H,3-11,17H2,1-2H3;1H. The highest BCUT2D eigenvalue weighted by Gasteiger charge is 2.43. The van der Waals surface area contributed by atoms with Crippen LogP contribution >= 0.6 is 12.4 Å². The molecular formula is C16H30ClN3O2. The first-order valence-electron chi connectivity index (χ1n) is 8.37. The van der Waals surface area contributed by atoms with Crippen LogP contribution in [-0.4, -0.2) is 66.7 Å². The number of piperidine rings is 1. The average molecular weight is 332 g/mol. The van der Waals surface area contributed by atoms with Crippen LogP contribution in [0.1, 0.15) is 39.5 Å². The minimum absolute atomic E-state index is 0. The smallest absolute Gasteiger partial charge is 0.240 e. The molecule has 6 heteroatoms. The molecule has 5 nitrogen and oxygen atoms in total. The summed E-state index contributed by atoms with van der Waals surface area (Å²) in [6.45, 7) is 8.85. The summed E-state index contributed by atoms with van der Waals surface area (Å²) in [5, 5.41) is 0. The first kappa shape index (κ1) is 18.0. The van der Waals surface area contributed by atoms with Gasteiger partial charge in [0.05, 0.1) is 6.04 Å². The van der Waals surface area contributed by atoms with Crippen molar-refractivity contribution >= 4 is 18.3 Å². The zero-order valence-corrected chi connectivity index (χ0v) is 14.6. The Labute approximate surface area is 139 Å². The molecule has 3 aliphatic rings. The third-order valence-corrected chi connectivity index (χ3v) is 5.63. The Hall–Kier alpha value is -0.360. The Morgan fingerprint density at radius 3 is 2.45 bits per heavy atom. The third-order valence-electron chi connectivity index (χ3n) is 5.63. The van der Waals surface area contributed by atoms with Gasteiger partial charge in [0.25, 0.3) is 0 Å². The van der Waals surface area contributed by atoms with Gasteiger partial charge in [-0.1, -0.05) is 13.8 Å². The highest BCUT2D eigenvalue weighted by atomic mass is 35.5. The molecule has 1 amide bonds. The van der Waals surface area contributed by atoms with Gasteiger partial charge in [0, 0.05) is 44.9 Å². The minimum Gasteiger partial charge on any atom is -0.381 e. The fourth-order valence-corrected chi connectivity index (χ4v) is 4.07. The predicted octanol–water partition coefficient (Wildman–Crippen LogP) is 1.25. The van der Waals surface area contributed by atoms with E-state index in [-0.39, 0.29) is 29.9 Å². The van der Waals surface area contributed by atoms with Gasteiger partial charge < -0.3 is 15.4 Å². The van der Waals surface area contributed by atoms with Crippen LogP contribution in [0.3, 0.4) is 0 Å². The molecule has 3 heterocycles. The summed E-state index contributed by atoms with van der Waals surface area (Å²) in [5.41, 5.74) is 6.32. The minimum atomic E-state index is 0. The summed E-state index contributed by atoms with van der Waals surface area (Å²) in [5.74, 6) is 0.341. The normalized spacial score (nSPS) is 33.8. The monoisotopic (exact) mass is 331 g/mol. The molecule has 0 radical (unpaired) electrons. The zero-order valence-electron chi connectivity index (χ0n) is 13.8. The number of ether oxygens (including phenoxy) is 1. The van der Waals surface area contributed by atoms with Gasteiger partial charge in [-0.25, -0.2) is 0 Å². The predicted molar refractivity (Wildman–Crippen MR) is 89.2 cm³/mol. The van der Waals surface area contributed by atoms with Crippen molar-refractivity contribution in [3.8, 4) is 0 Å². The molecule has 0 aromatic heterocycles. The van der Waals surface area contributed by atoms with E-state index < -0.39 is 0 Å². The van der Waals surface area contributed by atoms with Gasteiger partial charge >= 0.3 is 0 Å². The van der Waals surface area contributed by atoms with Gasteiger partial charge in [0.2, 0.25) is 5.91 Å². The van der Waals surface area contributed by atoms with E-state index in [1.807, 2.05) is 0 Å². The summed E-state index contributed by atoms with van der Waals surface area (Å²) >= 11 is 0. The van der Waals surface area contributed by atoms with Crippen molar-refractivity contribution in [1.29, 1.82) is 0 Å². The Morgan fingerprint density at radius 1 is 1.14 bits per heavy atom. The van der Waals surface area contributed by atoms with Crippen LogP contribution in [0.25, 0.3) is 0 Å². The SMILES string of the molecule is CC1(C)CN(C2CCN(C3CCOCC3)C2=O)CCC1N.Cl. The summed E-state index contributed by atoms with van der Waals surface area (Å²) in [6.07, 6.45) is 3.96. The molecule has 128 valence electrons. The lowest BCUT2D eigenvalue weighted by Gasteiger charge is -2.44. The fraction of sp³-hybridized carbons (Fsp3) is 0.938. The van der Waals surface area contributed by atoms with E-state index in [9.17, 15) is 4.79 Å². The molecule has 0 aromatic carbocycles. The van der Waals surface area contributed by atoms with Crippen LogP contribution < -0.4 is 5.73 Å². The van der Waals surface area contributed by atoms with E-state index in [1.54, 1.807) is 0 Å². The van der Waals surface area contributed by atoms with E-state index in [1.165, 1.54) is 0 Å². The van der Waals surface area contributed by atoms with Crippen molar-refractivity contribution in [3.05, 3.63) is 0 Å². The van der Waals surface area contributed by atoms with E-state index >= 15 is 0 Å². The number of rotatable bonds is 2. The molecule has 2 atom stereocenters. The van der Waals surface area contributed by atoms with Crippen molar-refractivity contribution < 1.29 is 9.53 Å². The molecule has 0 aromatic rings. The number of carbonyl (C=O) groups is 1. The van der Waals surface area contributed by atoms with Crippen molar-refractivity contribution in [1.82, 2.24) is 9.80 Å². The Morgan fingerprint density at radius 2 is 1.82 bits per heavy atom. The van der Waals surface area contributed by atoms with Crippen molar-refractivity contribution in [2.45, 2.75) is 57.7 Å². The fourth-order valence-electron chi connectivity index (χ4n) is 4.07. The van der Waals surface area contributed by atoms with E-state index in [0.717, 1.165) is 58.5 Å². The van der Waals surface area contributed by atoms with Crippen LogP contribution in [0, 0.1) is 5.41 Å². The van der Waals surface area contributed by atoms with Gasteiger partial charge in [-0.05, 0) is 31.1 Å². The van der Waals surface area contributed by atoms with Gasteiger partial charge in [-0.2, -0.15) is 0 Å². The molecule has 0 aliphatic carbocycles. The lowest BCUT2D eigenvalue weighted by Crippen LogP contribution is -2.57. The molecule has 0 saturated carbocycles. The van der Waals surface area contributed by atoms with Crippen LogP contribution in [0.4, 0.5) is 0 Å². The topological polar surface area (TPSA) is 58.8 Å². The number of nitrogens with two attached hydrogens (primary N) is 1. The highest BCUT2D eigenvalue weighted by molar-refractivity contribution is 5.85. The number of hydrogen-bond acceptors (Lipinski definition) is 4. The second-order valence-electron chi connectivity index (χ2n) is 7.53. The lowest BCUT2D eigenvalue weighted by atomic mass is 9.79. The van der Waals surface area contributed by atoms with Crippen LogP contribution in [0.15, 0.2) is 0 Å². The van der Waals surface area contributed by atoms with Crippen LogP contribution in [0.2, 0.25) is 0 Å². The molecule has 3 fully saturated rings. The van der Waals surface area contributed by atoms with Crippen molar-refractivity contribution in [3.63, 3.8) is 0 Å². The number of amides is 1. The molecular weight excluding hydrogens is 302 g/mol. The first-order chi connectivity index (χ1) is 9.99. The van der Waals surface area contributed by atoms with E-state index in [4.69, 9.17) is 10.5 Å². The summed E-state index contributed by atoms with van der Waals surface area (Å²) in [7, 11) is 0. The number of likely N-dealkylation sites (tertiary alicyclic amines) is 2. The molecule has 2 N–H and O–H groups in total. The second kappa shape index (κ2) is 7.04. The average Bonchev–Trinajstić information content (AvgIpc) is 2.85. The molecule has 0 spiro atoms. The Bertz CT molecular complexity index is 399. The van der Waals surface area contributed by atoms with Crippen LogP contribution in [-0.2, 0) is 9.53 Å². The molecule has 3 aliphatic heterocycles. The molecule has 22 heavy (non-hydrogen) atoms. The molecule has 3 rings (SSSR count). The maximum absolute atomic E-state index is 12.8. The second-order valence-corrected chi connectivity index (χ2v) is 7.53. The Balaban J connectivity index is 0.00000176. The van der Waals surface area contributed by atoms with Gasteiger partial charge in [-0.15, -0.1) is 12.4 Å². The largest absolute Gasteiger partial charge is 0.381 e. The maximum Gasteiger partial charge on any atom is 0.240 e. The number of carbonyl (C=O) groups excluding carboxylic acids is 1. The highest BCUT2D eigenvalue weighted by Crippen LogP contribution is 2.32. The van der Waals surface area contributed by atoms with Gasteiger partial charge in [-0.3, -0.25) is 9.69 Å². The first-order valence-corrected chi connectivity index (χ1v) is 8.37. The van der Waals surface area contributed by atoms with Crippen LogP contribution in [0.5, 0.6) is 0 Å². The quantitative estimate of drug-likeness (QED) is 0.827. The molecule has 3 saturated heterocycles. The van der Waals surface area contributed by atoms with Gasteiger partial charge in [0.1, 0.15) is 0 Å². The number of hydrogen-bond donors (Lipinski definition) is 1. The summed E-state index contributed by atoms with van der Waals surface area (Å²) < 4.78 is 5.41. The van der Waals surface area contributed by atoms with Crippen molar-refractivity contribution in [2.75, 3.05) is 32.8 Å². The molecule has 0 bridgehead atoms. The maximum atomic E-state index is 12.8. The number of halogens is 1. The van der Waals surface area contributed by atoms with Crippen molar-refractivity contribution in [2.24, 2.45) is 11.1 Å². The van der Waals surface area contributed by atoms with E-state index in [0.29, 0.717) is 11.9 Å². The number of nitrogens with zero attached hydrogens (tertiary/aromatic N) is 2. The zero-order chi connectivity index (χ0) is 15.0. The lowest BCUT2D eigenvalue weighted by molar-refractivity contribution is -0.136. The van der Waals surface area contributed by atoms with Gasteiger partial charge in [0.15, 0.2) is 0 Å². The summed E-state index contributed by atoms with van der Waals surface area (Å²) in [4.78, 5) is 17.3.